The van der Waals surface area contributed by atoms with E-state index in [1.54, 1.807) is 4.57 Å². The highest BCUT2D eigenvalue weighted by atomic mass is 15.1. The zero-order chi connectivity index (χ0) is 14.8. The first-order chi connectivity index (χ1) is 9.55. The normalized spacial score (nSPS) is 25.1. The van der Waals surface area contributed by atoms with Crippen molar-refractivity contribution in [3.8, 4) is 18.2 Å². The van der Waals surface area contributed by atoms with Gasteiger partial charge in [-0.15, -0.1) is 0 Å². The molecule has 2 unspecified atom stereocenters. The molecule has 1 saturated carbocycles. The van der Waals surface area contributed by atoms with Crippen LogP contribution in [0.3, 0.4) is 0 Å². The number of hydrogen-bond donors (Lipinski definition) is 1. The zero-order valence-corrected chi connectivity index (χ0v) is 11.6. The Labute approximate surface area is 118 Å². The lowest BCUT2D eigenvalue weighted by molar-refractivity contribution is 0.368. The molecular formula is C14H16N6. The van der Waals surface area contributed by atoms with E-state index in [2.05, 4.69) is 16.4 Å². The standard InChI is InChI=1S/C14H16N6/c1-10(2)19-14(8-17)4-3-11(5-14)20-9-18-12(6-15)13(20)7-16/h9-11,19H,3-5H2,1-2H3. The predicted octanol–water partition coefficient (Wildman–Crippen LogP) is 1.61. The van der Waals surface area contributed by atoms with Crippen molar-refractivity contribution < 1.29 is 0 Å². The maximum atomic E-state index is 9.45. The molecule has 1 fully saturated rings. The summed E-state index contributed by atoms with van der Waals surface area (Å²) in [6, 6.07) is 6.58. The molecule has 1 aromatic rings. The van der Waals surface area contributed by atoms with Crippen molar-refractivity contribution in [1.82, 2.24) is 14.9 Å². The molecule has 1 aliphatic carbocycles. The summed E-state index contributed by atoms with van der Waals surface area (Å²) < 4.78 is 1.74. The Morgan fingerprint density at radius 2 is 2.15 bits per heavy atom. The lowest BCUT2D eigenvalue weighted by atomic mass is 9.98. The number of hydrogen-bond acceptors (Lipinski definition) is 5. The van der Waals surface area contributed by atoms with E-state index in [1.807, 2.05) is 26.0 Å². The van der Waals surface area contributed by atoms with E-state index in [1.165, 1.54) is 6.33 Å². The number of rotatable bonds is 3. The molecular weight excluding hydrogens is 252 g/mol. The molecule has 2 rings (SSSR count). The first kappa shape index (κ1) is 14.1. The molecule has 0 aliphatic heterocycles. The number of nitriles is 3. The maximum absolute atomic E-state index is 9.45. The van der Waals surface area contributed by atoms with Gasteiger partial charge < -0.3 is 4.57 Å². The van der Waals surface area contributed by atoms with Gasteiger partial charge in [-0.3, -0.25) is 5.32 Å². The van der Waals surface area contributed by atoms with Crippen LogP contribution in [0.1, 0.15) is 50.5 Å². The first-order valence-corrected chi connectivity index (χ1v) is 6.61. The monoisotopic (exact) mass is 268 g/mol. The Hall–Kier alpha value is -2.36. The fourth-order valence-corrected chi connectivity index (χ4v) is 2.90. The number of nitrogens with zero attached hydrogens (tertiary/aromatic N) is 5. The van der Waals surface area contributed by atoms with Gasteiger partial charge in [-0.05, 0) is 33.1 Å². The quantitative estimate of drug-likeness (QED) is 0.897. The Morgan fingerprint density at radius 3 is 2.70 bits per heavy atom. The lowest BCUT2D eigenvalue weighted by Crippen LogP contribution is -2.45. The van der Waals surface area contributed by atoms with Gasteiger partial charge in [0.15, 0.2) is 11.4 Å². The van der Waals surface area contributed by atoms with Gasteiger partial charge in [-0.2, -0.15) is 15.8 Å². The maximum Gasteiger partial charge on any atom is 0.176 e. The molecule has 0 amide bonds. The summed E-state index contributed by atoms with van der Waals surface area (Å²) >= 11 is 0. The SMILES string of the molecule is CC(C)NC1(C#N)CCC(n2cnc(C#N)c2C#N)C1. The van der Waals surface area contributed by atoms with Gasteiger partial charge >= 0.3 is 0 Å². The topological polar surface area (TPSA) is 101 Å². The highest BCUT2D eigenvalue weighted by Gasteiger charge is 2.41. The molecule has 0 spiro atoms. The van der Waals surface area contributed by atoms with E-state index in [0.717, 1.165) is 12.8 Å². The molecule has 1 aromatic heterocycles. The second-order valence-corrected chi connectivity index (χ2v) is 5.46. The lowest BCUT2D eigenvalue weighted by Gasteiger charge is -2.25. The van der Waals surface area contributed by atoms with E-state index in [4.69, 9.17) is 10.5 Å². The third-order valence-electron chi connectivity index (χ3n) is 3.67. The molecule has 0 bridgehead atoms. The van der Waals surface area contributed by atoms with Crippen LogP contribution in [-0.2, 0) is 0 Å². The van der Waals surface area contributed by atoms with Crippen LogP contribution in [0.25, 0.3) is 0 Å². The Bertz CT molecular complexity index is 624. The van der Waals surface area contributed by atoms with Gasteiger partial charge in [0.2, 0.25) is 0 Å². The molecule has 1 heterocycles. The third kappa shape index (κ3) is 2.37. The molecule has 1 N–H and O–H groups in total. The zero-order valence-electron chi connectivity index (χ0n) is 11.6. The minimum Gasteiger partial charge on any atom is -0.318 e. The summed E-state index contributed by atoms with van der Waals surface area (Å²) in [5, 5.41) is 30.9. The van der Waals surface area contributed by atoms with Crippen molar-refractivity contribution >= 4 is 0 Å². The van der Waals surface area contributed by atoms with Crippen LogP contribution >= 0.6 is 0 Å². The summed E-state index contributed by atoms with van der Waals surface area (Å²) in [5.41, 5.74) is -0.114. The van der Waals surface area contributed by atoms with Gasteiger partial charge in [0, 0.05) is 12.1 Å². The minimum atomic E-state index is -0.553. The molecule has 20 heavy (non-hydrogen) atoms. The number of imidazole rings is 1. The highest BCUT2D eigenvalue weighted by Crippen LogP contribution is 2.38. The van der Waals surface area contributed by atoms with Crippen LogP contribution in [-0.4, -0.2) is 21.1 Å². The van der Waals surface area contributed by atoms with Gasteiger partial charge in [0.05, 0.1) is 12.4 Å². The smallest absolute Gasteiger partial charge is 0.176 e. The van der Waals surface area contributed by atoms with Crippen LogP contribution in [0.2, 0.25) is 0 Å². The fourth-order valence-electron chi connectivity index (χ4n) is 2.90. The Kier molecular flexibility index (Phi) is 3.74. The van der Waals surface area contributed by atoms with E-state index in [9.17, 15) is 5.26 Å². The van der Waals surface area contributed by atoms with Crippen LogP contribution in [0.15, 0.2) is 6.33 Å². The summed E-state index contributed by atoms with van der Waals surface area (Å²) in [7, 11) is 0. The summed E-state index contributed by atoms with van der Waals surface area (Å²) in [6.07, 6.45) is 3.68. The molecule has 6 nitrogen and oxygen atoms in total. The van der Waals surface area contributed by atoms with Crippen molar-refractivity contribution in [1.29, 1.82) is 15.8 Å². The van der Waals surface area contributed by atoms with Crippen LogP contribution in [0, 0.1) is 34.0 Å². The second kappa shape index (κ2) is 5.33. The van der Waals surface area contributed by atoms with Crippen LogP contribution in [0.4, 0.5) is 0 Å². The molecule has 0 radical (unpaired) electrons. The summed E-state index contributed by atoms with van der Waals surface area (Å²) in [4.78, 5) is 3.96. The highest BCUT2D eigenvalue weighted by molar-refractivity contribution is 5.36. The second-order valence-electron chi connectivity index (χ2n) is 5.46. The molecule has 0 aromatic carbocycles. The Balaban J connectivity index is 2.27. The molecule has 2 atom stereocenters. The largest absolute Gasteiger partial charge is 0.318 e. The fraction of sp³-hybridized carbons (Fsp3) is 0.571. The van der Waals surface area contributed by atoms with Gasteiger partial charge in [0.1, 0.15) is 17.7 Å². The van der Waals surface area contributed by atoms with E-state index >= 15 is 0 Å². The van der Waals surface area contributed by atoms with Crippen molar-refractivity contribution in [2.45, 2.75) is 50.7 Å². The van der Waals surface area contributed by atoms with Gasteiger partial charge in [-0.1, -0.05) is 0 Å². The predicted molar refractivity (Wildman–Crippen MR) is 71.2 cm³/mol. The summed E-state index contributed by atoms with van der Waals surface area (Å²) in [6.45, 7) is 4.02. The summed E-state index contributed by atoms with van der Waals surface area (Å²) in [5.74, 6) is 0. The van der Waals surface area contributed by atoms with E-state index < -0.39 is 5.54 Å². The molecule has 1 aliphatic rings. The third-order valence-corrected chi connectivity index (χ3v) is 3.67. The molecule has 0 saturated heterocycles. The number of aromatic nitrogens is 2. The van der Waals surface area contributed by atoms with Crippen molar-refractivity contribution in [3.05, 3.63) is 17.7 Å². The minimum absolute atomic E-state index is 0.0325. The van der Waals surface area contributed by atoms with Crippen molar-refractivity contribution in [2.75, 3.05) is 0 Å². The van der Waals surface area contributed by atoms with E-state index in [-0.39, 0.29) is 23.5 Å². The van der Waals surface area contributed by atoms with Crippen molar-refractivity contribution in [3.63, 3.8) is 0 Å². The van der Waals surface area contributed by atoms with E-state index in [0.29, 0.717) is 6.42 Å². The molecule has 102 valence electrons. The average Bonchev–Trinajstić information content (AvgIpc) is 3.01. The molecule has 6 heteroatoms. The van der Waals surface area contributed by atoms with Gasteiger partial charge in [-0.25, -0.2) is 4.98 Å². The van der Waals surface area contributed by atoms with Crippen LogP contribution in [0.5, 0.6) is 0 Å². The van der Waals surface area contributed by atoms with Gasteiger partial charge in [0.25, 0.3) is 0 Å². The van der Waals surface area contributed by atoms with Crippen molar-refractivity contribution in [2.24, 2.45) is 0 Å². The average molecular weight is 268 g/mol. The number of nitrogens with one attached hydrogen (secondary N) is 1. The first-order valence-electron chi connectivity index (χ1n) is 6.61. The van der Waals surface area contributed by atoms with Crippen LogP contribution < -0.4 is 5.32 Å². The Morgan fingerprint density at radius 1 is 1.40 bits per heavy atom.